The second kappa shape index (κ2) is 7.57. The molecule has 0 bridgehead atoms. The lowest BCUT2D eigenvalue weighted by Gasteiger charge is -2.12. The molecule has 114 valence electrons. The Morgan fingerprint density at radius 1 is 1.38 bits per heavy atom. The van der Waals surface area contributed by atoms with Crippen LogP contribution in [0.25, 0.3) is 0 Å². The van der Waals surface area contributed by atoms with E-state index in [0.717, 1.165) is 36.3 Å². The van der Waals surface area contributed by atoms with Gasteiger partial charge < -0.3 is 5.11 Å². The van der Waals surface area contributed by atoms with E-state index in [2.05, 4.69) is 10.1 Å². The van der Waals surface area contributed by atoms with Crippen molar-refractivity contribution in [2.75, 3.05) is 0 Å². The molecule has 0 saturated carbocycles. The number of nitrogens with zero attached hydrogens (tertiary/aromatic N) is 3. The van der Waals surface area contributed by atoms with Gasteiger partial charge in [0.15, 0.2) is 0 Å². The summed E-state index contributed by atoms with van der Waals surface area (Å²) in [5, 5.41) is 15.5. The van der Waals surface area contributed by atoms with Gasteiger partial charge in [0.1, 0.15) is 0 Å². The first-order valence-corrected chi connectivity index (χ1v) is 7.84. The fraction of sp³-hybridized carbons (Fsp3) is 0.500. The molecule has 0 aliphatic heterocycles. The van der Waals surface area contributed by atoms with Crippen molar-refractivity contribution in [3.63, 3.8) is 0 Å². The average molecular weight is 308 g/mol. The number of hydrogen-bond acceptors (Lipinski definition) is 3. The van der Waals surface area contributed by atoms with Gasteiger partial charge in [-0.15, -0.1) is 0 Å². The molecule has 1 unspecified atom stereocenters. The molecule has 0 aliphatic rings. The van der Waals surface area contributed by atoms with Crippen molar-refractivity contribution < 1.29 is 5.11 Å². The van der Waals surface area contributed by atoms with Crippen LogP contribution < -0.4 is 0 Å². The Morgan fingerprint density at radius 3 is 2.81 bits per heavy atom. The SMILES string of the molecule is CCc1nn(CC)c(CC(O)CCc2cccnc2)c1Cl. The summed E-state index contributed by atoms with van der Waals surface area (Å²) in [6.07, 6.45) is 6.03. The molecule has 2 rings (SSSR count). The molecule has 0 saturated heterocycles. The van der Waals surface area contributed by atoms with E-state index in [-0.39, 0.29) is 0 Å². The van der Waals surface area contributed by atoms with Crippen LogP contribution in [0.2, 0.25) is 5.02 Å². The molecular formula is C16H22ClN3O. The molecule has 2 aromatic heterocycles. The second-order valence-electron chi connectivity index (χ2n) is 5.13. The van der Waals surface area contributed by atoms with E-state index in [9.17, 15) is 5.11 Å². The molecule has 0 radical (unpaired) electrons. The Hall–Kier alpha value is -1.39. The quantitative estimate of drug-likeness (QED) is 0.855. The molecule has 0 aliphatic carbocycles. The van der Waals surface area contributed by atoms with Gasteiger partial charge in [-0.1, -0.05) is 24.6 Å². The van der Waals surface area contributed by atoms with E-state index in [4.69, 9.17) is 11.6 Å². The fourth-order valence-corrected chi connectivity index (χ4v) is 2.76. The number of aliphatic hydroxyl groups excluding tert-OH is 1. The molecule has 1 N–H and O–H groups in total. The highest BCUT2D eigenvalue weighted by atomic mass is 35.5. The summed E-state index contributed by atoms with van der Waals surface area (Å²) in [6.45, 7) is 4.84. The number of rotatable bonds is 7. The van der Waals surface area contributed by atoms with Crippen molar-refractivity contribution in [1.29, 1.82) is 0 Å². The minimum Gasteiger partial charge on any atom is -0.393 e. The van der Waals surface area contributed by atoms with Crippen LogP contribution in [0.4, 0.5) is 0 Å². The Kier molecular flexibility index (Phi) is 5.76. The van der Waals surface area contributed by atoms with Gasteiger partial charge in [-0.3, -0.25) is 9.67 Å². The zero-order valence-electron chi connectivity index (χ0n) is 12.6. The first-order chi connectivity index (χ1) is 10.2. The Labute approximate surface area is 130 Å². The highest BCUT2D eigenvalue weighted by molar-refractivity contribution is 6.31. The van der Waals surface area contributed by atoms with Gasteiger partial charge in [0, 0.05) is 25.4 Å². The lowest BCUT2D eigenvalue weighted by Crippen LogP contribution is -2.15. The standard InChI is InChI=1S/C16H22ClN3O/c1-3-14-16(17)15(20(4-2)19-14)10-13(21)8-7-12-6-5-9-18-11-12/h5-6,9,11,13,21H,3-4,7-8,10H2,1-2H3. The number of halogens is 1. The maximum atomic E-state index is 10.3. The van der Waals surface area contributed by atoms with Crippen LogP contribution in [-0.2, 0) is 25.8 Å². The molecule has 1 atom stereocenters. The van der Waals surface area contributed by atoms with Gasteiger partial charge in [-0.05, 0) is 37.8 Å². The summed E-state index contributed by atoms with van der Waals surface area (Å²) >= 11 is 6.37. The molecule has 0 fully saturated rings. The number of aliphatic hydroxyl groups is 1. The van der Waals surface area contributed by atoms with E-state index in [1.54, 1.807) is 6.20 Å². The highest BCUT2D eigenvalue weighted by Gasteiger charge is 2.17. The molecule has 4 nitrogen and oxygen atoms in total. The fourth-order valence-electron chi connectivity index (χ4n) is 2.42. The van der Waals surface area contributed by atoms with Gasteiger partial charge in [0.25, 0.3) is 0 Å². The van der Waals surface area contributed by atoms with Crippen molar-refractivity contribution in [2.45, 2.75) is 52.2 Å². The van der Waals surface area contributed by atoms with Crippen LogP contribution in [0, 0.1) is 0 Å². The smallest absolute Gasteiger partial charge is 0.0850 e. The number of hydrogen-bond donors (Lipinski definition) is 1. The first-order valence-electron chi connectivity index (χ1n) is 7.46. The molecule has 0 spiro atoms. The monoisotopic (exact) mass is 307 g/mol. The largest absolute Gasteiger partial charge is 0.393 e. The van der Waals surface area contributed by atoms with Crippen molar-refractivity contribution in [2.24, 2.45) is 0 Å². The lowest BCUT2D eigenvalue weighted by molar-refractivity contribution is 0.162. The van der Waals surface area contributed by atoms with Crippen molar-refractivity contribution in [3.05, 3.63) is 46.5 Å². The van der Waals surface area contributed by atoms with Gasteiger partial charge >= 0.3 is 0 Å². The normalized spacial score (nSPS) is 12.6. The van der Waals surface area contributed by atoms with Crippen molar-refractivity contribution in [1.82, 2.24) is 14.8 Å². The molecule has 21 heavy (non-hydrogen) atoms. The Balaban J connectivity index is 1.99. The van der Waals surface area contributed by atoms with Crippen LogP contribution in [0.3, 0.4) is 0 Å². The zero-order valence-corrected chi connectivity index (χ0v) is 13.3. The van der Waals surface area contributed by atoms with Gasteiger partial charge in [-0.25, -0.2) is 0 Å². The van der Waals surface area contributed by atoms with E-state index in [1.807, 2.05) is 36.9 Å². The summed E-state index contributed by atoms with van der Waals surface area (Å²) < 4.78 is 1.90. The summed E-state index contributed by atoms with van der Waals surface area (Å²) in [5.74, 6) is 0. The molecule has 0 amide bonds. The third-order valence-corrected chi connectivity index (χ3v) is 4.05. The van der Waals surface area contributed by atoms with E-state index in [0.29, 0.717) is 17.9 Å². The van der Waals surface area contributed by atoms with E-state index >= 15 is 0 Å². The maximum Gasteiger partial charge on any atom is 0.0850 e. The summed E-state index contributed by atoms with van der Waals surface area (Å²) in [6, 6.07) is 3.94. The second-order valence-corrected chi connectivity index (χ2v) is 5.51. The Bertz CT molecular complexity index is 568. The summed E-state index contributed by atoms with van der Waals surface area (Å²) in [4.78, 5) is 4.09. The minimum atomic E-state index is -0.422. The number of aromatic nitrogens is 3. The molecule has 5 heteroatoms. The van der Waals surface area contributed by atoms with Crippen LogP contribution in [-0.4, -0.2) is 26.0 Å². The average Bonchev–Trinajstić information content (AvgIpc) is 2.82. The van der Waals surface area contributed by atoms with Gasteiger partial charge in [0.05, 0.1) is 22.5 Å². The van der Waals surface area contributed by atoms with Gasteiger partial charge in [-0.2, -0.15) is 5.10 Å². The number of aryl methyl sites for hydroxylation is 3. The van der Waals surface area contributed by atoms with E-state index < -0.39 is 6.10 Å². The van der Waals surface area contributed by atoms with Crippen molar-refractivity contribution >= 4 is 11.6 Å². The third kappa shape index (κ3) is 4.05. The van der Waals surface area contributed by atoms with Crippen LogP contribution in [0.5, 0.6) is 0 Å². The molecule has 2 heterocycles. The number of pyridine rings is 1. The topological polar surface area (TPSA) is 50.9 Å². The molecule has 2 aromatic rings. The highest BCUT2D eigenvalue weighted by Crippen LogP contribution is 2.23. The van der Waals surface area contributed by atoms with Crippen molar-refractivity contribution in [3.8, 4) is 0 Å². The van der Waals surface area contributed by atoms with Crippen LogP contribution in [0.15, 0.2) is 24.5 Å². The minimum absolute atomic E-state index is 0.422. The zero-order chi connectivity index (χ0) is 15.2. The van der Waals surface area contributed by atoms with Gasteiger partial charge in [0.2, 0.25) is 0 Å². The summed E-state index contributed by atoms with van der Waals surface area (Å²) in [5.41, 5.74) is 2.99. The third-order valence-electron chi connectivity index (χ3n) is 3.61. The summed E-state index contributed by atoms with van der Waals surface area (Å²) in [7, 11) is 0. The first kappa shape index (κ1) is 16.0. The molecular weight excluding hydrogens is 286 g/mol. The van der Waals surface area contributed by atoms with Crippen LogP contribution >= 0.6 is 11.6 Å². The predicted molar refractivity (Wildman–Crippen MR) is 84.6 cm³/mol. The predicted octanol–water partition coefficient (Wildman–Crippen LogP) is 3.05. The maximum absolute atomic E-state index is 10.3. The lowest BCUT2D eigenvalue weighted by atomic mass is 10.0. The molecule has 0 aromatic carbocycles. The van der Waals surface area contributed by atoms with Crippen LogP contribution in [0.1, 0.15) is 37.2 Å². The Morgan fingerprint density at radius 2 is 2.19 bits per heavy atom. The van der Waals surface area contributed by atoms with E-state index in [1.165, 1.54) is 0 Å².